The van der Waals surface area contributed by atoms with Gasteiger partial charge in [0.15, 0.2) is 11.6 Å². The molecule has 2 aromatic rings. The van der Waals surface area contributed by atoms with E-state index in [-0.39, 0.29) is 0 Å². The van der Waals surface area contributed by atoms with E-state index in [4.69, 9.17) is 17.3 Å². The molecule has 0 atom stereocenters. The first-order valence-electron chi connectivity index (χ1n) is 6.05. The van der Waals surface area contributed by atoms with Gasteiger partial charge in [0.2, 0.25) is 0 Å². The molecule has 4 N–H and O–H groups in total. The fourth-order valence-corrected chi connectivity index (χ4v) is 1.78. The van der Waals surface area contributed by atoms with Crippen LogP contribution >= 0.6 is 11.6 Å². The van der Waals surface area contributed by atoms with Crippen molar-refractivity contribution in [1.29, 1.82) is 0 Å². The maximum atomic E-state index is 6.10. The summed E-state index contributed by atoms with van der Waals surface area (Å²) >= 11 is 6.10. The highest BCUT2D eigenvalue weighted by Gasteiger charge is 2.09. The van der Waals surface area contributed by atoms with Crippen molar-refractivity contribution in [2.45, 2.75) is 6.92 Å². The summed E-state index contributed by atoms with van der Waals surface area (Å²) in [6.45, 7) is 1.95. The van der Waals surface area contributed by atoms with E-state index in [2.05, 4.69) is 20.7 Å². The van der Waals surface area contributed by atoms with Gasteiger partial charge < -0.3 is 16.5 Å². The normalized spacial score (nSPS) is 10.7. The lowest BCUT2D eigenvalue weighted by Crippen LogP contribution is -2.21. The number of anilines is 4. The summed E-state index contributed by atoms with van der Waals surface area (Å²) in [7, 11) is 3.71. The molecule has 0 unspecified atom stereocenters. The Bertz CT molecular complexity index is 614. The van der Waals surface area contributed by atoms with Crippen LogP contribution in [0.5, 0.6) is 0 Å². The predicted octanol–water partition coefficient (Wildman–Crippen LogP) is 2.65. The summed E-state index contributed by atoms with van der Waals surface area (Å²) in [6, 6.07) is 5.68. The Kier molecular flexibility index (Phi) is 4.26. The molecule has 20 heavy (non-hydrogen) atoms. The van der Waals surface area contributed by atoms with Crippen LogP contribution in [0.2, 0.25) is 5.02 Å². The molecule has 1 heterocycles. The Morgan fingerprint density at radius 2 is 1.90 bits per heavy atom. The Morgan fingerprint density at radius 1 is 1.20 bits per heavy atom. The van der Waals surface area contributed by atoms with Gasteiger partial charge in [-0.25, -0.2) is 15.0 Å². The van der Waals surface area contributed by atoms with Crippen LogP contribution in [0.3, 0.4) is 0 Å². The maximum Gasteiger partial charge on any atom is 0.169 e. The van der Waals surface area contributed by atoms with Gasteiger partial charge in [0.25, 0.3) is 0 Å². The third-order valence-corrected chi connectivity index (χ3v) is 3.06. The molecule has 0 radical (unpaired) electrons. The summed E-state index contributed by atoms with van der Waals surface area (Å²) in [5.41, 5.74) is 11.3. The highest BCUT2D eigenvalue weighted by molar-refractivity contribution is 6.31. The first kappa shape index (κ1) is 14.4. The average Bonchev–Trinajstić information content (AvgIpc) is 2.38. The molecule has 0 aliphatic carbocycles. The largest absolute Gasteiger partial charge is 0.393 e. The SMILES string of the molecule is Cc1ccc(Nc2ncnc(NN(C)C)c2N)cc1Cl. The van der Waals surface area contributed by atoms with Crippen LogP contribution in [0.15, 0.2) is 24.5 Å². The average molecular weight is 293 g/mol. The Labute approximate surface area is 122 Å². The van der Waals surface area contributed by atoms with Crippen molar-refractivity contribution >= 4 is 34.6 Å². The number of nitrogens with one attached hydrogen (secondary N) is 2. The van der Waals surface area contributed by atoms with Gasteiger partial charge in [-0.15, -0.1) is 0 Å². The van der Waals surface area contributed by atoms with E-state index < -0.39 is 0 Å². The van der Waals surface area contributed by atoms with Gasteiger partial charge in [0, 0.05) is 24.8 Å². The Hall–Kier alpha value is -2.05. The standard InChI is InChI=1S/C13H17ClN6/c1-8-4-5-9(6-10(8)14)18-12-11(15)13(17-7-16-12)19-20(2)3/h4-7H,15H2,1-3H3,(H2,16,17,18,19). The number of rotatable bonds is 4. The highest BCUT2D eigenvalue weighted by atomic mass is 35.5. The second kappa shape index (κ2) is 5.94. The number of halogens is 1. The number of hydrazine groups is 1. The number of hydrogen-bond donors (Lipinski definition) is 3. The van der Waals surface area contributed by atoms with Crippen LogP contribution in [0.4, 0.5) is 23.0 Å². The summed E-state index contributed by atoms with van der Waals surface area (Å²) < 4.78 is 0. The minimum Gasteiger partial charge on any atom is -0.393 e. The number of nitrogen functional groups attached to an aromatic ring is 1. The van der Waals surface area contributed by atoms with Gasteiger partial charge in [-0.05, 0) is 24.6 Å². The smallest absolute Gasteiger partial charge is 0.169 e. The van der Waals surface area contributed by atoms with Crippen molar-refractivity contribution in [3.63, 3.8) is 0 Å². The zero-order chi connectivity index (χ0) is 14.7. The molecule has 0 aliphatic rings. The molecule has 1 aromatic carbocycles. The number of aryl methyl sites for hydroxylation is 1. The molecule has 2 rings (SSSR count). The fourth-order valence-electron chi connectivity index (χ4n) is 1.60. The molecule has 0 amide bonds. The Morgan fingerprint density at radius 3 is 2.55 bits per heavy atom. The molecule has 1 aromatic heterocycles. The van der Waals surface area contributed by atoms with Crippen LogP contribution in [-0.2, 0) is 0 Å². The first-order valence-corrected chi connectivity index (χ1v) is 6.43. The second-order valence-electron chi connectivity index (χ2n) is 4.58. The lowest BCUT2D eigenvalue weighted by atomic mass is 10.2. The molecule has 0 saturated carbocycles. The summed E-state index contributed by atoms with van der Waals surface area (Å²) in [4.78, 5) is 8.24. The number of benzene rings is 1. The number of hydrogen-bond acceptors (Lipinski definition) is 6. The summed E-state index contributed by atoms with van der Waals surface area (Å²) in [5, 5.41) is 5.58. The van der Waals surface area contributed by atoms with Crippen molar-refractivity contribution in [2.75, 3.05) is 30.6 Å². The predicted molar refractivity (Wildman–Crippen MR) is 83.2 cm³/mol. The van der Waals surface area contributed by atoms with Gasteiger partial charge in [-0.2, -0.15) is 0 Å². The van der Waals surface area contributed by atoms with Crippen molar-refractivity contribution in [3.8, 4) is 0 Å². The van der Waals surface area contributed by atoms with Crippen molar-refractivity contribution < 1.29 is 0 Å². The van der Waals surface area contributed by atoms with Crippen LogP contribution in [0.25, 0.3) is 0 Å². The highest BCUT2D eigenvalue weighted by Crippen LogP contribution is 2.27. The van der Waals surface area contributed by atoms with E-state index >= 15 is 0 Å². The molecule has 0 fully saturated rings. The fraction of sp³-hybridized carbons (Fsp3) is 0.231. The molecular formula is C13H17ClN6. The van der Waals surface area contributed by atoms with E-state index in [1.807, 2.05) is 39.2 Å². The van der Waals surface area contributed by atoms with E-state index in [1.54, 1.807) is 5.01 Å². The van der Waals surface area contributed by atoms with Gasteiger partial charge >= 0.3 is 0 Å². The molecule has 7 heteroatoms. The molecule has 106 valence electrons. The first-order chi connectivity index (χ1) is 9.47. The van der Waals surface area contributed by atoms with E-state index in [9.17, 15) is 0 Å². The number of nitrogens with zero attached hydrogens (tertiary/aromatic N) is 3. The lowest BCUT2D eigenvalue weighted by Gasteiger charge is -2.16. The van der Waals surface area contributed by atoms with Gasteiger partial charge in [-0.1, -0.05) is 17.7 Å². The minimum atomic E-state index is 0.442. The van der Waals surface area contributed by atoms with Gasteiger partial charge in [0.1, 0.15) is 12.0 Å². The van der Waals surface area contributed by atoms with E-state index in [0.29, 0.717) is 22.3 Å². The van der Waals surface area contributed by atoms with Crippen LogP contribution in [-0.4, -0.2) is 29.1 Å². The van der Waals surface area contributed by atoms with E-state index in [1.165, 1.54) is 6.33 Å². The molecular weight excluding hydrogens is 276 g/mol. The topological polar surface area (TPSA) is 79.1 Å². The summed E-state index contributed by atoms with van der Waals surface area (Å²) in [6.07, 6.45) is 1.44. The lowest BCUT2D eigenvalue weighted by molar-refractivity contribution is 0.492. The van der Waals surface area contributed by atoms with Crippen LogP contribution in [0.1, 0.15) is 5.56 Å². The van der Waals surface area contributed by atoms with Crippen LogP contribution in [0, 0.1) is 6.92 Å². The third kappa shape index (κ3) is 3.28. The Balaban J connectivity index is 2.27. The van der Waals surface area contributed by atoms with Crippen LogP contribution < -0.4 is 16.5 Å². The quantitative estimate of drug-likeness (QED) is 0.752. The molecule has 0 bridgehead atoms. The van der Waals surface area contributed by atoms with Crippen molar-refractivity contribution in [2.24, 2.45) is 0 Å². The van der Waals surface area contributed by atoms with Gasteiger partial charge in [0.05, 0.1) is 0 Å². The molecule has 0 spiro atoms. The van der Waals surface area contributed by atoms with E-state index in [0.717, 1.165) is 11.3 Å². The molecule has 0 saturated heterocycles. The second-order valence-corrected chi connectivity index (χ2v) is 4.99. The van der Waals surface area contributed by atoms with Gasteiger partial charge in [-0.3, -0.25) is 0 Å². The zero-order valence-electron chi connectivity index (χ0n) is 11.6. The monoisotopic (exact) mass is 292 g/mol. The number of nitrogens with two attached hydrogens (primary N) is 1. The molecule has 0 aliphatic heterocycles. The zero-order valence-corrected chi connectivity index (χ0v) is 12.4. The number of aromatic nitrogens is 2. The molecule has 6 nitrogen and oxygen atoms in total. The summed E-state index contributed by atoms with van der Waals surface area (Å²) in [5.74, 6) is 1.08. The van der Waals surface area contributed by atoms with Crippen molar-refractivity contribution in [1.82, 2.24) is 15.0 Å². The maximum absolute atomic E-state index is 6.10. The van der Waals surface area contributed by atoms with Crippen molar-refractivity contribution in [3.05, 3.63) is 35.1 Å². The minimum absolute atomic E-state index is 0.442. The third-order valence-electron chi connectivity index (χ3n) is 2.65.